The van der Waals surface area contributed by atoms with Crippen molar-refractivity contribution >= 4 is 23.2 Å². The lowest BCUT2D eigenvalue weighted by Crippen LogP contribution is -2.18. The quantitative estimate of drug-likeness (QED) is 0.774. The second-order valence-electron chi connectivity index (χ2n) is 5.66. The minimum absolute atomic E-state index is 0.108. The molecule has 1 aromatic carbocycles. The number of hydrogen-bond donors (Lipinski definition) is 1. The molecule has 3 aromatic rings. The average Bonchev–Trinajstić information content (AvgIpc) is 3.08. The van der Waals surface area contributed by atoms with E-state index < -0.39 is 0 Å². The summed E-state index contributed by atoms with van der Waals surface area (Å²) in [6.07, 6.45) is 5.08. The summed E-state index contributed by atoms with van der Waals surface area (Å²) >= 11 is 5.94. The predicted octanol–water partition coefficient (Wildman–Crippen LogP) is 3.04. The molecule has 0 aliphatic heterocycles. The van der Waals surface area contributed by atoms with Gasteiger partial charge in [0.2, 0.25) is 5.91 Å². The third-order valence-electron chi connectivity index (χ3n) is 3.70. The van der Waals surface area contributed by atoms with Crippen molar-refractivity contribution in [3.05, 3.63) is 64.7 Å². The van der Waals surface area contributed by atoms with Crippen LogP contribution in [0.25, 0.3) is 0 Å². The van der Waals surface area contributed by atoms with Crippen molar-refractivity contribution in [3.8, 4) is 0 Å². The third kappa shape index (κ3) is 3.83. The SMILES string of the molecule is Cc1ccccc1Cn1cc(NC(=O)Cn2cc(Cl)c(C)n2)cn1. The number of carbonyl (C=O) groups excluding carboxylic acids is 1. The number of benzene rings is 1. The number of nitrogens with zero attached hydrogens (tertiary/aromatic N) is 4. The van der Waals surface area contributed by atoms with Crippen molar-refractivity contribution in [2.45, 2.75) is 26.9 Å². The highest BCUT2D eigenvalue weighted by atomic mass is 35.5. The Hall–Kier alpha value is -2.60. The predicted molar refractivity (Wildman–Crippen MR) is 93.1 cm³/mol. The highest BCUT2D eigenvalue weighted by Crippen LogP contribution is 2.13. The van der Waals surface area contributed by atoms with E-state index in [9.17, 15) is 4.79 Å². The monoisotopic (exact) mass is 343 g/mol. The first-order valence-corrected chi connectivity index (χ1v) is 7.95. The molecule has 2 heterocycles. The highest BCUT2D eigenvalue weighted by Gasteiger charge is 2.09. The molecule has 2 aromatic heterocycles. The molecule has 1 amide bonds. The topological polar surface area (TPSA) is 64.7 Å². The Morgan fingerprint density at radius 1 is 1.21 bits per heavy atom. The van der Waals surface area contributed by atoms with E-state index in [2.05, 4.69) is 34.6 Å². The minimum atomic E-state index is -0.176. The Balaban J connectivity index is 1.61. The normalized spacial score (nSPS) is 10.8. The van der Waals surface area contributed by atoms with Crippen LogP contribution >= 0.6 is 11.6 Å². The van der Waals surface area contributed by atoms with Crippen LogP contribution in [-0.2, 0) is 17.9 Å². The van der Waals surface area contributed by atoms with Crippen LogP contribution in [0.15, 0.2) is 42.9 Å². The first-order chi connectivity index (χ1) is 11.5. The van der Waals surface area contributed by atoms with Gasteiger partial charge < -0.3 is 5.32 Å². The van der Waals surface area contributed by atoms with Gasteiger partial charge in [0.25, 0.3) is 0 Å². The van der Waals surface area contributed by atoms with Crippen LogP contribution in [0.2, 0.25) is 5.02 Å². The molecule has 0 atom stereocenters. The Kier molecular flexibility index (Phi) is 4.66. The Morgan fingerprint density at radius 2 is 2.00 bits per heavy atom. The van der Waals surface area contributed by atoms with E-state index in [0.717, 1.165) is 0 Å². The molecule has 24 heavy (non-hydrogen) atoms. The fraction of sp³-hybridized carbons (Fsp3) is 0.235. The average molecular weight is 344 g/mol. The summed E-state index contributed by atoms with van der Waals surface area (Å²) in [7, 11) is 0. The van der Waals surface area contributed by atoms with Gasteiger partial charge >= 0.3 is 0 Å². The third-order valence-corrected chi connectivity index (χ3v) is 4.07. The zero-order valence-electron chi connectivity index (χ0n) is 13.5. The molecule has 0 saturated heterocycles. The molecule has 3 rings (SSSR count). The van der Waals surface area contributed by atoms with Gasteiger partial charge in [-0.3, -0.25) is 14.2 Å². The zero-order chi connectivity index (χ0) is 17.1. The van der Waals surface area contributed by atoms with Gasteiger partial charge in [-0.05, 0) is 25.0 Å². The summed E-state index contributed by atoms with van der Waals surface area (Å²) in [5.41, 5.74) is 3.77. The number of hydrogen-bond acceptors (Lipinski definition) is 3. The van der Waals surface area contributed by atoms with E-state index in [-0.39, 0.29) is 12.5 Å². The molecule has 0 unspecified atom stereocenters. The fourth-order valence-corrected chi connectivity index (χ4v) is 2.55. The van der Waals surface area contributed by atoms with Crippen LogP contribution in [0, 0.1) is 13.8 Å². The number of rotatable bonds is 5. The number of anilines is 1. The van der Waals surface area contributed by atoms with Crippen molar-refractivity contribution in [2.75, 3.05) is 5.32 Å². The van der Waals surface area contributed by atoms with Gasteiger partial charge in [-0.25, -0.2) is 0 Å². The maximum atomic E-state index is 12.1. The molecule has 0 radical (unpaired) electrons. The van der Waals surface area contributed by atoms with Crippen LogP contribution in [-0.4, -0.2) is 25.5 Å². The van der Waals surface area contributed by atoms with E-state index in [4.69, 9.17) is 11.6 Å². The maximum absolute atomic E-state index is 12.1. The Morgan fingerprint density at radius 3 is 2.71 bits per heavy atom. The maximum Gasteiger partial charge on any atom is 0.246 e. The highest BCUT2D eigenvalue weighted by molar-refractivity contribution is 6.31. The summed E-state index contributed by atoms with van der Waals surface area (Å²) in [6.45, 7) is 4.64. The molecular weight excluding hydrogens is 326 g/mol. The Bertz CT molecular complexity index is 848. The van der Waals surface area contributed by atoms with Crippen molar-refractivity contribution < 1.29 is 4.79 Å². The van der Waals surface area contributed by atoms with Gasteiger partial charge in [-0.15, -0.1) is 0 Å². The molecule has 0 aliphatic carbocycles. The number of halogens is 1. The first kappa shape index (κ1) is 16.3. The molecule has 0 fully saturated rings. The van der Waals surface area contributed by atoms with E-state index >= 15 is 0 Å². The van der Waals surface area contributed by atoms with Crippen LogP contribution in [0.1, 0.15) is 16.8 Å². The number of aromatic nitrogens is 4. The van der Waals surface area contributed by atoms with Crippen molar-refractivity contribution in [3.63, 3.8) is 0 Å². The summed E-state index contributed by atoms with van der Waals surface area (Å²) in [4.78, 5) is 12.1. The lowest BCUT2D eigenvalue weighted by atomic mass is 10.1. The molecule has 0 aliphatic rings. The van der Waals surface area contributed by atoms with Gasteiger partial charge in [-0.2, -0.15) is 10.2 Å². The van der Waals surface area contributed by atoms with E-state index in [1.807, 2.05) is 18.3 Å². The van der Waals surface area contributed by atoms with Crippen LogP contribution in [0.5, 0.6) is 0 Å². The molecule has 0 bridgehead atoms. The Labute approximate surface area is 145 Å². The molecule has 6 nitrogen and oxygen atoms in total. The number of nitrogens with one attached hydrogen (secondary N) is 1. The van der Waals surface area contributed by atoms with Gasteiger partial charge in [-0.1, -0.05) is 35.9 Å². The molecule has 1 N–H and O–H groups in total. The van der Waals surface area contributed by atoms with E-state index in [1.165, 1.54) is 15.8 Å². The van der Waals surface area contributed by atoms with Crippen molar-refractivity contribution in [2.24, 2.45) is 0 Å². The van der Waals surface area contributed by atoms with Gasteiger partial charge in [0, 0.05) is 12.4 Å². The van der Waals surface area contributed by atoms with Gasteiger partial charge in [0.05, 0.1) is 29.1 Å². The summed E-state index contributed by atoms with van der Waals surface area (Å²) in [5, 5.41) is 11.8. The van der Waals surface area contributed by atoms with Crippen molar-refractivity contribution in [1.29, 1.82) is 0 Å². The lowest BCUT2D eigenvalue weighted by Gasteiger charge is -2.05. The largest absolute Gasteiger partial charge is 0.322 e. The van der Waals surface area contributed by atoms with Crippen molar-refractivity contribution in [1.82, 2.24) is 19.6 Å². The van der Waals surface area contributed by atoms with Crippen LogP contribution in [0.3, 0.4) is 0 Å². The van der Waals surface area contributed by atoms with Crippen LogP contribution < -0.4 is 5.32 Å². The summed E-state index contributed by atoms with van der Waals surface area (Å²) in [5.74, 6) is -0.176. The second kappa shape index (κ2) is 6.88. The zero-order valence-corrected chi connectivity index (χ0v) is 14.3. The molecule has 0 saturated carbocycles. The summed E-state index contributed by atoms with van der Waals surface area (Å²) < 4.78 is 3.32. The number of aryl methyl sites for hydroxylation is 2. The number of amides is 1. The summed E-state index contributed by atoms with van der Waals surface area (Å²) in [6, 6.07) is 8.15. The molecular formula is C17H18ClN5O. The minimum Gasteiger partial charge on any atom is -0.322 e. The smallest absolute Gasteiger partial charge is 0.246 e. The first-order valence-electron chi connectivity index (χ1n) is 7.57. The molecule has 7 heteroatoms. The number of carbonyl (C=O) groups is 1. The van der Waals surface area contributed by atoms with Gasteiger partial charge in [0.1, 0.15) is 6.54 Å². The second-order valence-corrected chi connectivity index (χ2v) is 6.07. The van der Waals surface area contributed by atoms with E-state index in [1.54, 1.807) is 24.0 Å². The molecule has 0 spiro atoms. The van der Waals surface area contributed by atoms with E-state index in [0.29, 0.717) is 22.9 Å². The lowest BCUT2D eigenvalue weighted by molar-refractivity contribution is -0.116. The standard InChI is InChI=1S/C17H18ClN5O/c1-12-5-3-4-6-14(12)8-22-9-15(7-19-22)20-17(24)11-23-10-16(18)13(2)21-23/h3-7,9-10H,8,11H2,1-2H3,(H,20,24). The molecule has 124 valence electrons. The van der Waals surface area contributed by atoms with Crippen LogP contribution in [0.4, 0.5) is 5.69 Å². The fourth-order valence-electron chi connectivity index (χ4n) is 2.40. The van der Waals surface area contributed by atoms with Gasteiger partial charge in [0.15, 0.2) is 0 Å².